The standard InChI is InChI=1S/C10H21N/c1-7(2)10(8(3)4)11-9(5)6/h8-11H,1H2,2-6H3. The van der Waals surface area contributed by atoms with Crippen molar-refractivity contribution in [3.05, 3.63) is 12.2 Å². The maximum absolute atomic E-state index is 3.97. The second-order valence-electron chi connectivity index (χ2n) is 3.89. The van der Waals surface area contributed by atoms with Crippen LogP contribution in [-0.2, 0) is 0 Å². The molecule has 0 aliphatic heterocycles. The maximum atomic E-state index is 3.97. The van der Waals surface area contributed by atoms with E-state index < -0.39 is 0 Å². The Morgan fingerprint density at radius 1 is 1.18 bits per heavy atom. The summed E-state index contributed by atoms with van der Waals surface area (Å²) in [5, 5.41) is 3.48. The minimum Gasteiger partial charge on any atom is -0.308 e. The van der Waals surface area contributed by atoms with Crippen molar-refractivity contribution in [1.29, 1.82) is 0 Å². The van der Waals surface area contributed by atoms with E-state index in [0.717, 1.165) is 0 Å². The fourth-order valence-corrected chi connectivity index (χ4v) is 1.26. The molecule has 0 bridgehead atoms. The van der Waals surface area contributed by atoms with Gasteiger partial charge in [-0.1, -0.05) is 39.8 Å². The SMILES string of the molecule is C=C(C)C(NC(C)C)C(C)C. The van der Waals surface area contributed by atoms with Crippen LogP contribution in [0.25, 0.3) is 0 Å². The fourth-order valence-electron chi connectivity index (χ4n) is 1.26. The predicted molar refractivity (Wildman–Crippen MR) is 51.7 cm³/mol. The molecule has 0 aliphatic carbocycles. The zero-order chi connectivity index (χ0) is 9.02. The van der Waals surface area contributed by atoms with Gasteiger partial charge in [0.1, 0.15) is 0 Å². The van der Waals surface area contributed by atoms with Gasteiger partial charge in [0.25, 0.3) is 0 Å². The van der Waals surface area contributed by atoms with Gasteiger partial charge < -0.3 is 5.32 Å². The average Bonchev–Trinajstić information content (AvgIpc) is 1.81. The van der Waals surface area contributed by atoms with E-state index in [-0.39, 0.29) is 0 Å². The molecule has 0 aromatic rings. The van der Waals surface area contributed by atoms with Crippen molar-refractivity contribution in [3.8, 4) is 0 Å². The number of hydrogen-bond acceptors (Lipinski definition) is 1. The number of nitrogens with one attached hydrogen (secondary N) is 1. The third-order valence-electron chi connectivity index (χ3n) is 1.71. The summed E-state index contributed by atoms with van der Waals surface area (Å²) in [6.07, 6.45) is 0. The molecule has 1 heteroatoms. The molecule has 11 heavy (non-hydrogen) atoms. The summed E-state index contributed by atoms with van der Waals surface area (Å²) in [7, 11) is 0. The van der Waals surface area contributed by atoms with Gasteiger partial charge in [0, 0.05) is 12.1 Å². The molecule has 0 spiro atoms. The van der Waals surface area contributed by atoms with Crippen molar-refractivity contribution in [2.45, 2.75) is 46.7 Å². The van der Waals surface area contributed by atoms with Gasteiger partial charge in [0.05, 0.1) is 0 Å². The normalized spacial score (nSPS) is 14.1. The van der Waals surface area contributed by atoms with Crippen LogP contribution in [-0.4, -0.2) is 12.1 Å². The summed E-state index contributed by atoms with van der Waals surface area (Å²) in [4.78, 5) is 0. The lowest BCUT2D eigenvalue weighted by atomic mass is 9.97. The van der Waals surface area contributed by atoms with Crippen LogP contribution in [0.1, 0.15) is 34.6 Å². The third kappa shape index (κ3) is 4.20. The highest BCUT2D eigenvalue weighted by atomic mass is 14.9. The highest BCUT2D eigenvalue weighted by Crippen LogP contribution is 2.10. The number of rotatable bonds is 4. The Hall–Kier alpha value is -0.300. The van der Waals surface area contributed by atoms with Crippen molar-refractivity contribution in [1.82, 2.24) is 5.32 Å². The van der Waals surface area contributed by atoms with Crippen LogP contribution in [0.3, 0.4) is 0 Å². The lowest BCUT2D eigenvalue weighted by molar-refractivity contribution is 0.413. The first-order chi connectivity index (χ1) is 4.95. The topological polar surface area (TPSA) is 12.0 Å². The van der Waals surface area contributed by atoms with E-state index in [0.29, 0.717) is 18.0 Å². The molecule has 66 valence electrons. The van der Waals surface area contributed by atoms with Gasteiger partial charge >= 0.3 is 0 Å². The van der Waals surface area contributed by atoms with Gasteiger partial charge in [-0.2, -0.15) is 0 Å². The summed E-state index contributed by atoms with van der Waals surface area (Å²) in [5.74, 6) is 0.634. The lowest BCUT2D eigenvalue weighted by Crippen LogP contribution is -2.39. The van der Waals surface area contributed by atoms with Gasteiger partial charge in [-0.15, -0.1) is 0 Å². The average molecular weight is 155 g/mol. The second-order valence-corrected chi connectivity index (χ2v) is 3.89. The van der Waals surface area contributed by atoms with Gasteiger partial charge in [-0.05, 0) is 12.8 Å². The molecule has 1 N–H and O–H groups in total. The molecule has 0 radical (unpaired) electrons. The van der Waals surface area contributed by atoms with Crippen molar-refractivity contribution >= 4 is 0 Å². The highest BCUT2D eigenvalue weighted by Gasteiger charge is 2.13. The molecule has 0 fully saturated rings. The smallest absolute Gasteiger partial charge is 0.0299 e. The van der Waals surface area contributed by atoms with E-state index in [1.807, 2.05) is 0 Å². The van der Waals surface area contributed by atoms with Crippen molar-refractivity contribution < 1.29 is 0 Å². The molecule has 0 aliphatic rings. The highest BCUT2D eigenvalue weighted by molar-refractivity contribution is 5.03. The summed E-state index contributed by atoms with van der Waals surface area (Å²) in [6.45, 7) is 14.8. The van der Waals surface area contributed by atoms with E-state index in [1.54, 1.807) is 0 Å². The van der Waals surface area contributed by atoms with Crippen molar-refractivity contribution in [3.63, 3.8) is 0 Å². The Labute approximate surface area is 70.9 Å². The first-order valence-electron chi connectivity index (χ1n) is 4.36. The zero-order valence-electron chi connectivity index (χ0n) is 8.44. The molecule has 1 nitrogen and oxygen atoms in total. The summed E-state index contributed by atoms with van der Waals surface area (Å²) < 4.78 is 0. The van der Waals surface area contributed by atoms with Crippen molar-refractivity contribution in [2.75, 3.05) is 0 Å². The van der Waals surface area contributed by atoms with E-state index in [2.05, 4.69) is 46.5 Å². The maximum Gasteiger partial charge on any atom is 0.0299 e. The monoisotopic (exact) mass is 155 g/mol. The first-order valence-corrected chi connectivity index (χ1v) is 4.36. The van der Waals surface area contributed by atoms with Crippen LogP contribution in [0.15, 0.2) is 12.2 Å². The summed E-state index contributed by atoms with van der Waals surface area (Å²) >= 11 is 0. The fraction of sp³-hybridized carbons (Fsp3) is 0.800. The molecule has 0 saturated heterocycles. The van der Waals surface area contributed by atoms with Crippen LogP contribution in [0.5, 0.6) is 0 Å². The van der Waals surface area contributed by atoms with Crippen molar-refractivity contribution in [2.24, 2.45) is 5.92 Å². The van der Waals surface area contributed by atoms with Crippen LogP contribution < -0.4 is 5.32 Å². The van der Waals surface area contributed by atoms with Crippen LogP contribution in [0, 0.1) is 5.92 Å². The van der Waals surface area contributed by atoms with Gasteiger partial charge in [-0.25, -0.2) is 0 Å². The first kappa shape index (κ1) is 10.7. The lowest BCUT2D eigenvalue weighted by Gasteiger charge is -2.24. The van der Waals surface area contributed by atoms with Crippen LogP contribution in [0.4, 0.5) is 0 Å². The quantitative estimate of drug-likeness (QED) is 0.615. The number of hydrogen-bond donors (Lipinski definition) is 1. The Morgan fingerprint density at radius 2 is 1.64 bits per heavy atom. The van der Waals surface area contributed by atoms with E-state index in [4.69, 9.17) is 0 Å². The molecule has 0 heterocycles. The molecule has 1 unspecified atom stereocenters. The molecule has 0 rings (SSSR count). The Bertz CT molecular complexity index is 125. The van der Waals surface area contributed by atoms with Gasteiger partial charge in [0.15, 0.2) is 0 Å². The minimum atomic E-state index is 0.468. The molecular formula is C10H21N. The Balaban J connectivity index is 4.01. The largest absolute Gasteiger partial charge is 0.308 e. The zero-order valence-corrected chi connectivity index (χ0v) is 8.44. The van der Waals surface area contributed by atoms with Crippen LogP contribution in [0.2, 0.25) is 0 Å². The Kier molecular flexibility index (Phi) is 4.43. The third-order valence-corrected chi connectivity index (χ3v) is 1.71. The molecule has 0 aromatic heterocycles. The summed E-state index contributed by atoms with van der Waals surface area (Å²) in [5.41, 5.74) is 1.23. The second kappa shape index (κ2) is 4.55. The molecule has 0 aromatic carbocycles. The van der Waals surface area contributed by atoms with E-state index in [9.17, 15) is 0 Å². The Morgan fingerprint density at radius 3 is 1.73 bits per heavy atom. The molecule has 1 atom stereocenters. The summed E-state index contributed by atoms with van der Waals surface area (Å²) in [6, 6.07) is 1.01. The molecule has 0 saturated carbocycles. The van der Waals surface area contributed by atoms with E-state index in [1.165, 1.54) is 5.57 Å². The molecule has 0 amide bonds. The minimum absolute atomic E-state index is 0.468. The van der Waals surface area contributed by atoms with Gasteiger partial charge in [-0.3, -0.25) is 0 Å². The van der Waals surface area contributed by atoms with E-state index >= 15 is 0 Å². The predicted octanol–water partition coefficient (Wildman–Crippen LogP) is 2.59. The molecular weight excluding hydrogens is 134 g/mol. The van der Waals surface area contributed by atoms with Crippen LogP contribution >= 0.6 is 0 Å². The van der Waals surface area contributed by atoms with Gasteiger partial charge in [0.2, 0.25) is 0 Å².